The van der Waals surface area contributed by atoms with Gasteiger partial charge < -0.3 is 14.2 Å². The van der Waals surface area contributed by atoms with E-state index in [-0.39, 0.29) is 11.9 Å². The molecule has 1 aromatic rings. The molecule has 7 heteroatoms. The fraction of sp³-hybridized carbons (Fsp3) is 0.812. The highest BCUT2D eigenvalue weighted by atomic mass is 16.5. The van der Waals surface area contributed by atoms with Crippen LogP contribution < -0.4 is 0 Å². The Morgan fingerprint density at radius 3 is 2.91 bits per heavy atom. The second-order valence-electron chi connectivity index (χ2n) is 6.57. The summed E-state index contributed by atoms with van der Waals surface area (Å²) >= 11 is 0. The van der Waals surface area contributed by atoms with Crippen LogP contribution in [0, 0.1) is 6.92 Å². The smallest absolute Gasteiger partial charge is 0.223 e. The van der Waals surface area contributed by atoms with Gasteiger partial charge in [-0.2, -0.15) is 4.98 Å². The molecule has 2 aliphatic rings. The van der Waals surface area contributed by atoms with Crippen LogP contribution in [-0.4, -0.2) is 64.2 Å². The van der Waals surface area contributed by atoms with E-state index >= 15 is 0 Å². The van der Waals surface area contributed by atoms with E-state index in [1.165, 1.54) is 12.8 Å². The molecule has 3 heterocycles. The largest absolute Gasteiger partial charge is 0.377 e. The number of carbonyl (C=O) groups excluding carboxylic acids is 1. The van der Waals surface area contributed by atoms with Crippen molar-refractivity contribution in [2.45, 2.75) is 58.2 Å². The Labute approximate surface area is 137 Å². The minimum absolute atomic E-state index is 0.0632. The number of aromatic nitrogens is 2. The molecular formula is C16H26N4O3. The predicted molar refractivity (Wildman–Crippen MR) is 83.7 cm³/mol. The third kappa shape index (κ3) is 4.29. The van der Waals surface area contributed by atoms with Gasteiger partial charge in [0.15, 0.2) is 5.82 Å². The van der Waals surface area contributed by atoms with E-state index in [4.69, 9.17) is 9.26 Å². The third-order valence-electron chi connectivity index (χ3n) is 4.71. The van der Waals surface area contributed by atoms with Crippen LogP contribution in [0.15, 0.2) is 4.52 Å². The highest BCUT2D eigenvalue weighted by molar-refractivity contribution is 5.73. The topological polar surface area (TPSA) is 71.7 Å². The van der Waals surface area contributed by atoms with Gasteiger partial charge in [-0.05, 0) is 25.7 Å². The van der Waals surface area contributed by atoms with Crippen LogP contribution in [0.2, 0.25) is 0 Å². The molecule has 7 nitrogen and oxygen atoms in total. The molecule has 1 aromatic heterocycles. The average Bonchev–Trinajstić information content (AvgIpc) is 3.15. The van der Waals surface area contributed by atoms with Crippen LogP contribution in [0.4, 0.5) is 0 Å². The molecule has 0 unspecified atom stereocenters. The standard InChI is InChI=1S/C16H26N4O3/c1-12-17-16(18-23-12)11-20(13(2)21)14-6-7-19(9-14)10-15-5-3-4-8-22-15/h14-15H,3-11H2,1-2H3/t14-,15+/m0/s1. The van der Waals surface area contributed by atoms with Crippen LogP contribution in [0.3, 0.4) is 0 Å². The van der Waals surface area contributed by atoms with Crippen molar-refractivity contribution >= 4 is 5.91 Å². The van der Waals surface area contributed by atoms with E-state index in [9.17, 15) is 4.79 Å². The van der Waals surface area contributed by atoms with Gasteiger partial charge in [0.05, 0.1) is 12.6 Å². The first kappa shape index (κ1) is 16.4. The SMILES string of the molecule is CC(=O)N(Cc1noc(C)n1)[C@H]1CCN(C[C@H]2CCCCO2)C1. The summed E-state index contributed by atoms with van der Waals surface area (Å²) < 4.78 is 10.8. The second kappa shape index (κ2) is 7.40. The van der Waals surface area contributed by atoms with Gasteiger partial charge in [-0.25, -0.2) is 0 Å². The van der Waals surface area contributed by atoms with Crippen LogP contribution in [-0.2, 0) is 16.1 Å². The molecule has 2 fully saturated rings. The van der Waals surface area contributed by atoms with E-state index in [1.807, 2.05) is 4.90 Å². The Balaban J connectivity index is 1.55. The fourth-order valence-corrected chi connectivity index (χ4v) is 3.53. The van der Waals surface area contributed by atoms with Crippen molar-refractivity contribution in [3.63, 3.8) is 0 Å². The number of ether oxygens (including phenoxy) is 1. The predicted octanol–water partition coefficient (Wildman–Crippen LogP) is 1.37. The fourth-order valence-electron chi connectivity index (χ4n) is 3.53. The van der Waals surface area contributed by atoms with Crippen molar-refractivity contribution in [3.8, 4) is 0 Å². The summed E-state index contributed by atoms with van der Waals surface area (Å²) in [5, 5.41) is 3.91. The maximum absolute atomic E-state index is 12.0. The van der Waals surface area contributed by atoms with Crippen molar-refractivity contribution in [2.75, 3.05) is 26.2 Å². The Hall–Kier alpha value is -1.47. The molecule has 0 bridgehead atoms. The molecule has 23 heavy (non-hydrogen) atoms. The lowest BCUT2D eigenvalue weighted by Crippen LogP contribution is -2.42. The summed E-state index contributed by atoms with van der Waals surface area (Å²) in [6, 6.07) is 0.217. The maximum atomic E-state index is 12.0. The summed E-state index contributed by atoms with van der Waals surface area (Å²) in [6.07, 6.45) is 4.94. The highest BCUT2D eigenvalue weighted by Crippen LogP contribution is 2.21. The van der Waals surface area contributed by atoms with Crippen molar-refractivity contribution in [1.82, 2.24) is 19.9 Å². The quantitative estimate of drug-likeness (QED) is 0.815. The molecule has 0 spiro atoms. The molecule has 3 rings (SSSR count). The molecule has 2 saturated heterocycles. The number of hydrogen-bond donors (Lipinski definition) is 0. The van der Waals surface area contributed by atoms with E-state index in [2.05, 4.69) is 15.0 Å². The lowest BCUT2D eigenvalue weighted by atomic mass is 10.1. The zero-order chi connectivity index (χ0) is 16.2. The molecule has 0 radical (unpaired) electrons. The van der Waals surface area contributed by atoms with Gasteiger partial charge in [0.25, 0.3) is 0 Å². The average molecular weight is 322 g/mol. The zero-order valence-electron chi connectivity index (χ0n) is 14.0. The van der Waals surface area contributed by atoms with Gasteiger partial charge >= 0.3 is 0 Å². The summed E-state index contributed by atoms with van der Waals surface area (Å²) in [5.74, 6) is 1.17. The number of hydrogen-bond acceptors (Lipinski definition) is 6. The van der Waals surface area contributed by atoms with Crippen LogP contribution in [0.5, 0.6) is 0 Å². The molecule has 2 atom stereocenters. The lowest BCUT2D eigenvalue weighted by molar-refractivity contribution is -0.131. The van der Waals surface area contributed by atoms with Gasteiger partial charge in [-0.15, -0.1) is 0 Å². The minimum atomic E-state index is 0.0632. The molecule has 128 valence electrons. The van der Waals surface area contributed by atoms with Crippen molar-refractivity contribution in [3.05, 3.63) is 11.7 Å². The van der Waals surface area contributed by atoms with Crippen LogP contribution >= 0.6 is 0 Å². The molecule has 0 saturated carbocycles. The minimum Gasteiger partial charge on any atom is -0.377 e. The first-order valence-electron chi connectivity index (χ1n) is 8.52. The van der Waals surface area contributed by atoms with Gasteiger partial charge in [-0.3, -0.25) is 9.69 Å². The number of nitrogens with zero attached hydrogens (tertiary/aromatic N) is 4. The Kier molecular flexibility index (Phi) is 5.27. The molecule has 0 N–H and O–H groups in total. The Morgan fingerprint density at radius 2 is 2.26 bits per heavy atom. The summed E-state index contributed by atoms with van der Waals surface area (Å²) in [7, 11) is 0. The number of amides is 1. The van der Waals surface area contributed by atoms with Gasteiger partial charge in [-0.1, -0.05) is 5.16 Å². The lowest BCUT2D eigenvalue weighted by Gasteiger charge is -2.29. The van der Waals surface area contributed by atoms with Crippen LogP contribution in [0.25, 0.3) is 0 Å². The molecule has 0 aromatic carbocycles. The maximum Gasteiger partial charge on any atom is 0.223 e. The van der Waals surface area contributed by atoms with E-state index in [0.29, 0.717) is 24.4 Å². The van der Waals surface area contributed by atoms with Crippen molar-refractivity contribution < 1.29 is 14.1 Å². The van der Waals surface area contributed by atoms with Crippen molar-refractivity contribution in [1.29, 1.82) is 0 Å². The van der Waals surface area contributed by atoms with E-state index in [1.54, 1.807) is 13.8 Å². The summed E-state index contributed by atoms with van der Waals surface area (Å²) in [6.45, 7) is 7.57. The molecule has 2 aliphatic heterocycles. The highest BCUT2D eigenvalue weighted by Gasteiger charge is 2.31. The number of rotatable bonds is 5. The Bertz CT molecular complexity index is 527. The third-order valence-corrected chi connectivity index (χ3v) is 4.71. The van der Waals surface area contributed by atoms with Crippen molar-refractivity contribution in [2.24, 2.45) is 0 Å². The summed E-state index contributed by atoms with van der Waals surface area (Å²) in [4.78, 5) is 20.5. The first-order valence-corrected chi connectivity index (χ1v) is 8.52. The number of likely N-dealkylation sites (tertiary alicyclic amines) is 1. The monoisotopic (exact) mass is 322 g/mol. The van der Waals surface area contributed by atoms with Gasteiger partial charge in [0, 0.05) is 46.1 Å². The van der Waals surface area contributed by atoms with Gasteiger partial charge in [0.1, 0.15) is 0 Å². The summed E-state index contributed by atoms with van der Waals surface area (Å²) in [5.41, 5.74) is 0. The van der Waals surface area contributed by atoms with Gasteiger partial charge in [0.2, 0.25) is 11.8 Å². The number of carbonyl (C=O) groups is 1. The van der Waals surface area contributed by atoms with Crippen LogP contribution in [0.1, 0.15) is 44.3 Å². The van der Waals surface area contributed by atoms with E-state index in [0.717, 1.165) is 39.1 Å². The number of aryl methyl sites for hydroxylation is 1. The molecule has 0 aliphatic carbocycles. The van der Waals surface area contributed by atoms with E-state index < -0.39 is 0 Å². The molecule has 1 amide bonds. The normalized spacial score (nSPS) is 25.7. The first-order chi connectivity index (χ1) is 11.1. The second-order valence-corrected chi connectivity index (χ2v) is 6.57. The zero-order valence-corrected chi connectivity index (χ0v) is 14.0. The Morgan fingerprint density at radius 1 is 1.39 bits per heavy atom. The molecular weight excluding hydrogens is 296 g/mol.